The highest BCUT2D eigenvalue weighted by molar-refractivity contribution is 5.37. The Morgan fingerprint density at radius 2 is 1.95 bits per heavy atom. The highest BCUT2D eigenvalue weighted by atomic mass is 19.1. The van der Waals surface area contributed by atoms with Crippen molar-refractivity contribution in [2.45, 2.75) is 13.0 Å². The highest BCUT2D eigenvalue weighted by Crippen LogP contribution is 2.23. The van der Waals surface area contributed by atoms with Gasteiger partial charge in [-0.3, -0.25) is 0 Å². The minimum absolute atomic E-state index is 0.281. The fourth-order valence-electron chi connectivity index (χ4n) is 2.53. The molecule has 2 rings (SSSR count). The van der Waals surface area contributed by atoms with Crippen molar-refractivity contribution in [2.24, 2.45) is 0 Å². The zero-order chi connectivity index (χ0) is 14.4. The Kier molecular flexibility index (Phi) is 5.76. The van der Waals surface area contributed by atoms with E-state index in [-0.39, 0.29) is 11.6 Å². The third-order valence-corrected chi connectivity index (χ3v) is 3.68. The van der Waals surface area contributed by atoms with E-state index in [4.69, 9.17) is 9.47 Å². The van der Waals surface area contributed by atoms with Crippen LogP contribution in [-0.2, 0) is 17.8 Å². The molecule has 0 spiro atoms. The number of benzene rings is 1. The normalized spacial score (nSPS) is 16.4. The molecule has 0 aromatic heterocycles. The molecule has 0 unspecified atom stereocenters. The van der Waals surface area contributed by atoms with Gasteiger partial charge in [0.25, 0.3) is 0 Å². The van der Waals surface area contributed by atoms with Crippen LogP contribution in [0.15, 0.2) is 12.1 Å². The van der Waals surface area contributed by atoms with Crippen LogP contribution in [0.2, 0.25) is 0 Å². The molecule has 1 saturated heterocycles. The lowest BCUT2D eigenvalue weighted by atomic mass is 10.0. The van der Waals surface area contributed by atoms with E-state index in [1.54, 1.807) is 19.2 Å². The van der Waals surface area contributed by atoms with Gasteiger partial charge in [0.2, 0.25) is 0 Å². The predicted molar refractivity (Wildman–Crippen MR) is 76.7 cm³/mol. The number of nitrogens with one attached hydrogen (secondary N) is 1. The van der Waals surface area contributed by atoms with Crippen molar-refractivity contribution in [3.05, 3.63) is 29.1 Å². The summed E-state index contributed by atoms with van der Waals surface area (Å²) in [6.45, 7) is 5.60. The summed E-state index contributed by atoms with van der Waals surface area (Å²) in [6, 6.07) is 3.32. The molecule has 4 nitrogen and oxygen atoms in total. The van der Waals surface area contributed by atoms with Gasteiger partial charge in [-0.2, -0.15) is 0 Å². The Hall–Kier alpha value is -1.17. The van der Waals surface area contributed by atoms with E-state index in [0.29, 0.717) is 6.61 Å². The van der Waals surface area contributed by atoms with Gasteiger partial charge in [-0.15, -0.1) is 0 Å². The summed E-state index contributed by atoms with van der Waals surface area (Å²) in [5, 5.41) is 3.33. The first-order valence-electron chi connectivity index (χ1n) is 7.02. The zero-order valence-corrected chi connectivity index (χ0v) is 12.2. The summed E-state index contributed by atoms with van der Waals surface area (Å²) >= 11 is 0. The Balaban J connectivity index is 2.06. The summed E-state index contributed by atoms with van der Waals surface area (Å²) in [5.41, 5.74) is 2.00. The number of methoxy groups -OCH3 is 2. The van der Waals surface area contributed by atoms with E-state index in [9.17, 15) is 4.39 Å². The van der Waals surface area contributed by atoms with Gasteiger partial charge in [0.15, 0.2) is 11.6 Å². The Labute approximate surface area is 119 Å². The minimum Gasteiger partial charge on any atom is -0.494 e. The second-order valence-corrected chi connectivity index (χ2v) is 5.03. The predicted octanol–water partition coefficient (Wildman–Crippen LogP) is 1.43. The van der Waals surface area contributed by atoms with E-state index in [2.05, 4.69) is 10.2 Å². The van der Waals surface area contributed by atoms with Gasteiger partial charge in [-0.05, 0) is 29.7 Å². The van der Waals surface area contributed by atoms with Gasteiger partial charge >= 0.3 is 0 Å². The largest absolute Gasteiger partial charge is 0.494 e. The number of ether oxygens (including phenoxy) is 2. The first-order valence-corrected chi connectivity index (χ1v) is 7.02. The van der Waals surface area contributed by atoms with Crippen LogP contribution in [0.25, 0.3) is 0 Å². The number of hydrogen-bond acceptors (Lipinski definition) is 4. The maximum Gasteiger partial charge on any atom is 0.165 e. The van der Waals surface area contributed by atoms with Crippen molar-refractivity contribution in [3.8, 4) is 5.75 Å². The molecule has 1 fully saturated rings. The molecule has 1 aliphatic rings. The van der Waals surface area contributed by atoms with Crippen molar-refractivity contribution in [1.29, 1.82) is 0 Å². The average molecular weight is 282 g/mol. The Morgan fingerprint density at radius 3 is 2.60 bits per heavy atom. The number of halogens is 1. The van der Waals surface area contributed by atoms with Crippen molar-refractivity contribution >= 4 is 0 Å². The second kappa shape index (κ2) is 7.57. The quantitative estimate of drug-likeness (QED) is 0.856. The zero-order valence-electron chi connectivity index (χ0n) is 12.2. The molecule has 0 bridgehead atoms. The third-order valence-electron chi connectivity index (χ3n) is 3.68. The van der Waals surface area contributed by atoms with Crippen LogP contribution in [0.3, 0.4) is 0 Å². The molecule has 5 heteroatoms. The minimum atomic E-state index is -0.303. The van der Waals surface area contributed by atoms with Gasteiger partial charge < -0.3 is 19.7 Å². The van der Waals surface area contributed by atoms with Crippen LogP contribution in [0, 0.1) is 5.82 Å². The molecule has 1 aromatic rings. The van der Waals surface area contributed by atoms with Crippen LogP contribution in [0.4, 0.5) is 4.39 Å². The van der Waals surface area contributed by atoms with Gasteiger partial charge in [-0.25, -0.2) is 4.39 Å². The van der Waals surface area contributed by atoms with E-state index in [0.717, 1.165) is 50.3 Å². The SMILES string of the molecule is COCc1cc(OC)c(F)cc1CCN1CCNCC1. The second-order valence-electron chi connectivity index (χ2n) is 5.03. The summed E-state index contributed by atoms with van der Waals surface area (Å²) in [4.78, 5) is 2.40. The van der Waals surface area contributed by atoms with E-state index >= 15 is 0 Å². The van der Waals surface area contributed by atoms with Crippen molar-refractivity contribution in [3.63, 3.8) is 0 Å². The van der Waals surface area contributed by atoms with Crippen molar-refractivity contribution < 1.29 is 13.9 Å². The lowest BCUT2D eigenvalue weighted by Crippen LogP contribution is -2.44. The fourth-order valence-corrected chi connectivity index (χ4v) is 2.53. The topological polar surface area (TPSA) is 33.7 Å². The summed E-state index contributed by atoms with van der Waals surface area (Å²) in [5.74, 6) is -0.0226. The van der Waals surface area contributed by atoms with Crippen LogP contribution in [0.1, 0.15) is 11.1 Å². The monoisotopic (exact) mass is 282 g/mol. The highest BCUT2D eigenvalue weighted by Gasteiger charge is 2.13. The third kappa shape index (κ3) is 3.91. The smallest absolute Gasteiger partial charge is 0.165 e. The van der Waals surface area contributed by atoms with Gasteiger partial charge in [0.1, 0.15) is 0 Å². The van der Waals surface area contributed by atoms with Crippen LogP contribution in [-0.4, -0.2) is 51.8 Å². The molecule has 20 heavy (non-hydrogen) atoms. The van der Waals surface area contributed by atoms with Crippen molar-refractivity contribution in [1.82, 2.24) is 10.2 Å². The van der Waals surface area contributed by atoms with E-state index in [1.807, 2.05) is 0 Å². The lowest BCUT2D eigenvalue weighted by Gasteiger charge is -2.27. The van der Waals surface area contributed by atoms with E-state index < -0.39 is 0 Å². The first kappa shape index (κ1) is 15.2. The Morgan fingerprint density at radius 1 is 1.20 bits per heavy atom. The standard InChI is InChI=1S/C15H23FN2O2/c1-19-11-13-10-15(20-2)14(16)9-12(13)3-6-18-7-4-17-5-8-18/h9-10,17H,3-8,11H2,1-2H3. The van der Waals surface area contributed by atoms with Gasteiger partial charge in [0, 0.05) is 39.8 Å². The molecule has 0 radical (unpaired) electrons. The molecule has 0 amide bonds. The maximum atomic E-state index is 13.8. The molecule has 1 aliphatic heterocycles. The molecule has 1 heterocycles. The lowest BCUT2D eigenvalue weighted by molar-refractivity contribution is 0.183. The number of nitrogens with zero attached hydrogens (tertiary/aromatic N) is 1. The summed E-state index contributed by atoms with van der Waals surface area (Å²) < 4.78 is 24.1. The molecule has 1 aromatic carbocycles. The molecular formula is C15H23FN2O2. The van der Waals surface area contributed by atoms with Crippen LogP contribution < -0.4 is 10.1 Å². The maximum absolute atomic E-state index is 13.8. The molecule has 0 saturated carbocycles. The summed E-state index contributed by atoms with van der Waals surface area (Å²) in [6.07, 6.45) is 0.833. The molecule has 0 atom stereocenters. The van der Waals surface area contributed by atoms with Gasteiger partial charge in [0.05, 0.1) is 13.7 Å². The number of rotatable bonds is 6. The molecule has 0 aliphatic carbocycles. The number of hydrogen-bond donors (Lipinski definition) is 1. The average Bonchev–Trinajstić information content (AvgIpc) is 2.48. The number of piperazine rings is 1. The Bertz CT molecular complexity index is 434. The first-order chi connectivity index (χ1) is 9.74. The molecule has 1 N–H and O–H groups in total. The fraction of sp³-hybridized carbons (Fsp3) is 0.600. The van der Waals surface area contributed by atoms with E-state index in [1.165, 1.54) is 7.11 Å². The van der Waals surface area contributed by atoms with Crippen LogP contribution in [0.5, 0.6) is 5.75 Å². The summed E-state index contributed by atoms with van der Waals surface area (Å²) in [7, 11) is 3.13. The molecule has 112 valence electrons. The van der Waals surface area contributed by atoms with Gasteiger partial charge in [-0.1, -0.05) is 0 Å². The molecular weight excluding hydrogens is 259 g/mol. The van der Waals surface area contributed by atoms with Crippen molar-refractivity contribution in [2.75, 3.05) is 46.9 Å². The van der Waals surface area contributed by atoms with Crippen LogP contribution >= 0.6 is 0 Å².